The van der Waals surface area contributed by atoms with Gasteiger partial charge in [0.2, 0.25) is 12.7 Å². The molecule has 1 amide bonds. The second-order valence-corrected chi connectivity index (χ2v) is 4.75. The van der Waals surface area contributed by atoms with Gasteiger partial charge in [0.15, 0.2) is 11.5 Å². The molecule has 0 radical (unpaired) electrons. The Balaban J connectivity index is 1.68. The molecule has 4 heteroatoms. The summed E-state index contributed by atoms with van der Waals surface area (Å²) in [5.74, 6) is 1.27. The number of ether oxygens (including phenoxy) is 2. The molecule has 1 heterocycles. The largest absolute Gasteiger partial charge is 0.454 e. The fraction of sp³-hybridized carbons (Fsp3) is 0.118. The number of para-hydroxylation sites is 1. The Labute approximate surface area is 123 Å². The van der Waals surface area contributed by atoms with Gasteiger partial charge in [0.1, 0.15) is 0 Å². The molecule has 1 N–H and O–H groups in total. The van der Waals surface area contributed by atoms with Crippen LogP contribution in [0, 0.1) is 6.92 Å². The molecule has 0 unspecified atom stereocenters. The minimum absolute atomic E-state index is 0.165. The first-order valence-corrected chi connectivity index (χ1v) is 6.67. The van der Waals surface area contributed by atoms with Gasteiger partial charge in [-0.3, -0.25) is 4.79 Å². The minimum atomic E-state index is -0.165. The van der Waals surface area contributed by atoms with Gasteiger partial charge in [0.25, 0.3) is 0 Å². The molecule has 2 aromatic carbocycles. The number of nitrogens with one attached hydrogen (secondary N) is 1. The second-order valence-electron chi connectivity index (χ2n) is 4.75. The molecule has 21 heavy (non-hydrogen) atoms. The Kier molecular flexibility index (Phi) is 3.60. The summed E-state index contributed by atoms with van der Waals surface area (Å²) < 4.78 is 10.5. The summed E-state index contributed by atoms with van der Waals surface area (Å²) in [5.41, 5.74) is 2.74. The fourth-order valence-electron chi connectivity index (χ4n) is 2.08. The summed E-state index contributed by atoms with van der Waals surface area (Å²) in [4.78, 5) is 11.9. The van der Waals surface area contributed by atoms with Crippen LogP contribution in [0.5, 0.6) is 11.5 Å². The highest BCUT2D eigenvalue weighted by molar-refractivity contribution is 6.02. The van der Waals surface area contributed by atoms with Crippen molar-refractivity contribution in [1.82, 2.24) is 0 Å². The van der Waals surface area contributed by atoms with Crippen molar-refractivity contribution in [2.45, 2.75) is 6.92 Å². The molecule has 2 aromatic rings. The monoisotopic (exact) mass is 281 g/mol. The van der Waals surface area contributed by atoms with Crippen LogP contribution in [0.1, 0.15) is 11.1 Å². The van der Waals surface area contributed by atoms with E-state index in [0.29, 0.717) is 5.75 Å². The Morgan fingerprint density at radius 3 is 2.81 bits per heavy atom. The molecule has 1 aliphatic heterocycles. The van der Waals surface area contributed by atoms with Crippen LogP contribution in [-0.4, -0.2) is 12.7 Å². The van der Waals surface area contributed by atoms with Crippen LogP contribution in [0.2, 0.25) is 0 Å². The van der Waals surface area contributed by atoms with E-state index in [9.17, 15) is 4.79 Å². The van der Waals surface area contributed by atoms with Crippen molar-refractivity contribution >= 4 is 17.7 Å². The zero-order valence-corrected chi connectivity index (χ0v) is 11.6. The first-order valence-electron chi connectivity index (χ1n) is 6.67. The van der Waals surface area contributed by atoms with Crippen molar-refractivity contribution in [3.8, 4) is 11.5 Å². The summed E-state index contributed by atoms with van der Waals surface area (Å²) in [5, 5.41) is 2.85. The molecule has 4 nitrogen and oxygen atoms in total. The van der Waals surface area contributed by atoms with Gasteiger partial charge in [-0.2, -0.15) is 0 Å². The van der Waals surface area contributed by atoms with Crippen molar-refractivity contribution < 1.29 is 14.3 Å². The second kappa shape index (κ2) is 5.71. The van der Waals surface area contributed by atoms with E-state index in [1.165, 1.54) is 6.08 Å². The summed E-state index contributed by atoms with van der Waals surface area (Å²) >= 11 is 0. The number of benzene rings is 2. The summed E-state index contributed by atoms with van der Waals surface area (Å²) in [6.45, 7) is 2.20. The van der Waals surface area contributed by atoms with Crippen LogP contribution in [0.4, 0.5) is 5.69 Å². The number of amides is 1. The molecule has 0 spiro atoms. The van der Waals surface area contributed by atoms with Gasteiger partial charge in [-0.05, 0) is 42.3 Å². The third-order valence-corrected chi connectivity index (χ3v) is 3.23. The lowest BCUT2D eigenvalue weighted by atomic mass is 10.2. The molecular formula is C17H15NO3. The maximum atomic E-state index is 11.9. The molecule has 106 valence electrons. The topological polar surface area (TPSA) is 47.6 Å². The average molecular weight is 281 g/mol. The summed E-state index contributed by atoms with van der Waals surface area (Å²) in [6.07, 6.45) is 3.25. The molecule has 0 saturated carbocycles. The van der Waals surface area contributed by atoms with Gasteiger partial charge < -0.3 is 14.8 Å². The van der Waals surface area contributed by atoms with Crippen LogP contribution < -0.4 is 14.8 Å². The van der Waals surface area contributed by atoms with Crippen LogP contribution in [0.3, 0.4) is 0 Å². The van der Waals surface area contributed by atoms with Crippen molar-refractivity contribution in [2.75, 3.05) is 12.1 Å². The normalized spacial score (nSPS) is 12.6. The smallest absolute Gasteiger partial charge is 0.248 e. The number of carbonyl (C=O) groups excluding carboxylic acids is 1. The number of carbonyl (C=O) groups is 1. The maximum Gasteiger partial charge on any atom is 0.248 e. The van der Waals surface area contributed by atoms with Crippen molar-refractivity contribution in [3.63, 3.8) is 0 Å². The van der Waals surface area contributed by atoms with Crippen molar-refractivity contribution in [2.24, 2.45) is 0 Å². The standard InChI is InChI=1S/C17H15NO3/c1-12-4-2-3-5-14(12)18-17(19)9-7-13-6-8-15-16(10-13)21-11-20-15/h2-10H,11H2,1H3,(H,18,19). The minimum Gasteiger partial charge on any atom is -0.454 e. The van der Waals surface area contributed by atoms with Crippen molar-refractivity contribution in [1.29, 1.82) is 0 Å². The molecule has 0 aromatic heterocycles. The van der Waals surface area contributed by atoms with E-state index in [-0.39, 0.29) is 12.7 Å². The number of anilines is 1. The molecule has 0 fully saturated rings. The average Bonchev–Trinajstić information content (AvgIpc) is 2.95. The lowest BCUT2D eigenvalue weighted by molar-refractivity contribution is -0.111. The van der Waals surface area contributed by atoms with Crippen LogP contribution in [0.25, 0.3) is 6.08 Å². The van der Waals surface area contributed by atoms with Gasteiger partial charge in [-0.15, -0.1) is 0 Å². The highest BCUT2D eigenvalue weighted by Crippen LogP contribution is 2.32. The highest BCUT2D eigenvalue weighted by Gasteiger charge is 2.12. The molecule has 3 rings (SSSR count). The fourth-order valence-corrected chi connectivity index (χ4v) is 2.08. The van der Waals surface area contributed by atoms with Gasteiger partial charge in [0, 0.05) is 11.8 Å². The van der Waals surface area contributed by atoms with E-state index in [0.717, 1.165) is 22.6 Å². The van der Waals surface area contributed by atoms with Gasteiger partial charge in [-0.25, -0.2) is 0 Å². The third kappa shape index (κ3) is 3.05. The Morgan fingerprint density at radius 1 is 1.14 bits per heavy atom. The molecule has 1 aliphatic rings. The van der Waals surface area contributed by atoms with E-state index in [2.05, 4.69) is 5.32 Å². The summed E-state index contributed by atoms with van der Waals surface area (Å²) in [7, 11) is 0. The molecule has 0 atom stereocenters. The zero-order chi connectivity index (χ0) is 14.7. The van der Waals surface area contributed by atoms with Crippen molar-refractivity contribution in [3.05, 3.63) is 59.7 Å². The zero-order valence-electron chi connectivity index (χ0n) is 11.6. The highest BCUT2D eigenvalue weighted by atomic mass is 16.7. The SMILES string of the molecule is Cc1ccccc1NC(=O)C=Cc1ccc2c(c1)OCO2. The van der Waals surface area contributed by atoms with E-state index < -0.39 is 0 Å². The molecular weight excluding hydrogens is 266 g/mol. The lowest BCUT2D eigenvalue weighted by Gasteiger charge is -2.05. The van der Waals surface area contributed by atoms with E-state index in [1.54, 1.807) is 6.08 Å². The number of aryl methyl sites for hydroxylation is 1. The lowest BCUT2D eigenvalue weighted by Crippen LogP contribution is -2.08. The number of fused-ring (bicyclic) bond motifs is 1. The van der Waals surface area contributed by atoms with Gasteiger partial charge in [-0.1, -0.05) is 24.3 Å². The molecule has 0 aliphatic carbocycles. The number of hydrogen-bond donors (Lipinski definition) is 1. The predicted molar refractivity (Wildman–Crippen MR) is 81.4 cm³/mol. The quantitative estimate of drug-likeness (QED) is 0.877. The Morgan fingerprint density at radius 2 is 1.95 bits per heavy atom. The first-order chi connectivity index (χ1) is 10.2. The number of hydrogen-bond acceptors (Lipinski definition) is 3. The molecule has 0 bridgehead atoms. The van der Waals surface area contributed by atoms with E-state index in [4.69, 9.17) is 9.47 Å². The Hall–Kier alpha value is -2.75. The van der Waals surface area contributed by atoms with E-state index >= 15 is 0 Å². The van der Waals surface area contributed by atoms with Crippen LogP contribution in [-0.2, 0) is 4.79 Å². The van der Waals surface area contributed by atoms with Gasteiger partial charge in [0.05, 0.1) is 0 Å². The summed E-state index contributed by atoms with van der Waals surface area (Å²) in [6, 6.07) is 13.2. The van der Waals surface area contributed by atoms with Crippen LogP contribution >= 0.6 is 0 Å². The van der Waals surface area contributed by atoms with Gasteiger partial charge >= 0.3 is 0 Å². The van der Waals surface area contributed by atoms with Crippen LogP contribution in [0.15, 0.2) is 48.5 Å². The predicted octanol–water partition coefficient (Wildman–Crippen LogP) is 3.38. The maximum absolute atomic E-state index is 11.9. The third-order valence-electron chi connectivity index (χ3n) is 3.23. The van der Waals surface area contributed by atoms with E-state index in [1.807, 2.05) is 49.4 Å². The molecule has 0 saturated heterocycles. The Bertz CT molecular complexity index is 707. The number of rotatable bonds is 3. The first kappa shape index (κ1) is 13.2.